The minimum Gasteiger partial charge on any atom is -0.457 e. The maximum absolute atomic E-state index is 11.5. The average molecular weight is 324 g/mol. The number of carbonyl (C=O) groups excluding carboxylic acids is 1. The van der Waals surface area contributed by atoms with Crippen LogP contribution in [0, 0.1) is 0 Å². The number of ether oxygens (including phenoxy) is 1. The fourth-order valence-electron chi connectivity index (χ4n) is 2.49. The van der Waals surface area contributed by atoms with Crippen LogP contribution in [0.4, 0.5) is 0 Å². The molecule has 1 saturated heterocycles. The van der Waals surface area contributed by atoms with E-state index in [9.17, 15) is 4.79 Å². The Morgan fingerprint density at radius 2 is 1.58 bits per heavy atom. The van der Waals surface area contributed by atoms with E-state index in [2.05, 4.69) is 0 Å². The van der Waals surface area contributed by atoms with E-state index in [1.807, 2.05) is 64.1 Å². The normalized spacial score (nSPS) is 18.4. The molecule has 0 bridgehead atoms. The molecule has 0 aromatic heterocycles. The van der Waals surface area contributed by atoms with Gasteiger partial charge in [-0.05, 0) is 57.4 Å². The summed E-state index contributed by atoms with van der Waals surface area (Å²) in [5.41, 5.74) is 0.429. The first-order valence-corrected chi connectivity index (χ1v) is 8.00. The molecule has 0 spiro atoms. The van der Waals surface area contributed by atoms with Crippen LogP contribution in [-0.2, 0) is 9.31 Å². The molecule has 5 heteroatoms. The largest absolute Gasteiger partial charge is 0.494 e. The molecule has 4 nitrogen and oxygen atoms in total. The second kappa shape index (κ2) is 6.08. The summed E-state index contributed by atoms with van der Waals surface area (Å²) in [5.74, 6) is 1.19. The van der Waals surface area contributed by atoms with Gasteiger partial charge in [0, 0.05) is 0 Å². The third kappa shape index (κ3) is 3.10. The molecule has 0 unspecified atom stereocenters. The van der Waals surface area contributed by atoms with E-state index in [1.54, 1.807) is 12.1 Å². The molecule has 124 valence electrons. The predicted molar refractivity (Wildman–Crippen MR) is 94.1 cm³/mol. The third-order valence-electron chi connectivity index (χ3n) is 4.66. The van der Waals surface area contributed by atoms with Crippen molar-refractivity contribution < 1.29 is 18.8 Å². The van der Waals surface area contributed by atoms with Gasteiger partial charge in [-0.15, -0.1) is 0 Å². The fraction of sp³-hybridized carbons (Fsp3) is 0.316. The van der Waals surface area contributed by atoms with E-state index in [-0.39, 0.29) is 0 Å². The summed E-state index contributed by atoms with van der Waals surface area (Å²) in [5, 5.41) is 0. The fourth-order valence-corrected chi connectivity index (χ4v) is 2.49. The Bertz CT molecular complexity index is 724. The zero-order valence-electron chi connectivity index (χ0n) is 14.4. The van der Waals surface area contributed by atoms with E-state index in [0.717, 1.165) is 11.7 Å². The quantitative estimate of drug-likeness (QED) is 0.637. The highest BCUT2D eigenvalue weighted by Gasteiger charge is 2.51. The van der Waals surface area contributed by atoms with Gasteiger partial charge in [0.25, 0.3) is 0 Å². The second-order valence-corrected chi connectivity index (χ2v) is 6.92. The van der Waals surface area contributed by atoms with Crippen LogP contribution in [0.1, 0.15) is 38.1 Å². The first-order valence-electron chi connectivity index (χ1n) is 8.00. The highest BCUT2D eigenvalue weighted by Crippen LogP contribution is 2.36. The Balaban J connectivity index is 1.86. The maximum atomic E-state index is 11.5. The molecular formula is C19H21BO4. The third-order valence-corrected chi connectivity index (χ3v) is 4.66. The van der Waals surface area contributed by atoms with Crippen LogP contribution in [0.2, 0.25) is 0 Å². The Morgan fingerprint density at radius 3 is 2.17 bits per heavy atom. The lowest BCUT2D eigenvalue weighted by atomic mass is 9.78. The van der Waals surface area contributed by atoms with Crippen molar-refractivity contribution in [2.75, 3.05) is 0 Å². The molecule has 0 radical (unpaired) electrons. The molecule has 2 aromatic carbocycles. The standard InChI is InChI=1S/C19H21BO4/c1-18(2)19(3,4)24-20(23-18)15-10-11-17(14(12-15)13-21)22-16-8-6-5-7-9-16/h5-13H,1-4H3. The van der Waals surface area contributed by atoms with Crippen molar-refractivity contribution >= 4 is 18.9 Å². The summed E-state index contributed by atoms with van der Waals surface area (Å²) in [6.45, 7) is 8.00. The number of benzene rings is 2. The lowest BCUT2D eigenvalue weighted by Crippen LogP contribution is -2.41. The van der Waals surface area contributed by atoms with Crippen molar-refractivity contribution in [2.45, 2.75) is 38.9 Å². The molecule has 2 aromatic rings. The number of rotatable bonds is 4. The minimum absolute atomic E-state index is 0.418. The molecular weight excluding hydrogens is 303 g/mol. The van der Waals surface area contributed by atoms with Gasteiger partial charge in [-0.3, -0.25) is 4.79 Å². The van der Waals surface area contributed by atoms with Crippen LogP contribution in [-0.4, -0.2) is 24.6 Å². The molecule has 24 heavy (non-hydrogen) atoms. The van der Waals surface area contributed by atoms with Gasteiger partial charge in [-0.1, -0.05) is 24.3 Å². The predicted octanol–water partition coefficient (Wildman–Crippen LogP) is 3.59. The van der Waals surface area contributed by atoms with Crippen molar-refractivity contribution in [1.29, 1.82) is 0 Å². The maximum Gasteiger partial charge on any atom is 0.494 e. The topological polar surface area (TPSA) is 44.8 Å². The second-order valence-electron chi connectivity index (χ2n) is 6.92. The zero-order valence-corrected chi connectivity index (χ0v) is 14.4. The first kappa shape index (κ1) is 16.7. The number of aldehydes is 1. The Kier molecular flexibility index (Phi) is 4.24. The smallest absolute Gasteiger partial charge is 0.457 e. The summed E-state index contributed by atoms with van der Waals surface area (Å²) in [6.07, 6.45) is 0.785. The molecule has 0 saturated carbocycles. The molecule has 1 aliphatic rings. The van der Waals surface area contributed by atoms with E-state index in [4.69, 9.17) is 14.0 Å². The molecule has 3 rings (SSSR count). The van der Waals surface area contributed by atoms with Gasteiger partial charge in [-0.2, -0.15) is 0 Å². The highest BCUT2D eigenvalue weighted by molar-refractivity contribution is 6.62. The Hall–Kier alpha value is -2.11. The number of hydrogen-bond donors (Lipinski definition) is 0. The molecule has 0 aliphatic carbocycles. The average Bonchev–Trinajstić information content (AvgIpc) is 2.77. The van der Waals surface area contributed by atoms with Crippen LogP contribution in [0.5, 0.6) is 11.5 Å². The lowest BCUT2D eigenvalue weighted by molar-refractivity contribution is 0.00578. The summed E-state index contributed by atoms with van der Waals surface area (Å²) in [4.78, 5) is 11.5. The van der Waals surface area contributed by atoms with Crippen molar-refractivity contribution in [2.24, 2.45) is 0 Å². The van der Waals surface area contributed by atoms with Crippen molar-refractivity contribution in [1.82, 2.24) is 0 Å². The Labute approximate surface area is 142 Å². The van der Waals surface area contributed by atoms with Crippen molar-refractivity contribution in [3.05, 3.63) is 54.1 Å². The van der Waals surface area contributed by atoms with Gasteiger partial charge in [0.2, 0.25) is 0 Å². The molecule has 1 aliphatic heterocycles. The van der Waals surface area contributed by atoms with Gasteiger partial charge in [-0.25, -0.2) is 0 Å². The van der Waals surface area contributed by atoms with Crippen LogP contribution >= 0.6 is 0 Å². The van der Waals surface area contributed by atoms with E-state index < -0.39 is 18.3 Å². The van der Waals surface area contributed by atoms with E-state index in [0.29, 0.717) is 17.1 Å². The SMILES string of the molecule is CC1(C)OB(c2ccc(Oc3ccccc3)c(C=O)c2)OC1(C)C. The minimum atomic E-state index is -0.500. The monoisotopic (exact) mass is 324 g/mol. The summed E-state index contributed by atoms with van der Waals surface area (Å²) >= 11 is 0. The van der Waals surface area contributed by atoms with Crippen molar-refractivity contribution in [3.63, 3.8) is 0 Å². The molecule has 0 amide bonds. The molecule has 1 heterocycles. The summed E-state index contributed by atoms with van der Waals surface area (Å²) in [7, 11) is -0.500. The van der Waals surface area contributed by atoms with E-state index >= 15 is 0 Å². The first-order chi connectivity index (χ1) is 11.3. The van der Waals surface area contributed by atoms with Gasteiger partial charge < -0.3 is 14.0 Å². The molecule has 0 N–H and O–H groups in total. The van der Waals surface area contributed by atoms with Crippen LogP contribution in [0.15, 0.2) is 48.5 Å². The number of hydrogen-bond acceptors (Lipinski definition) is 4. The molecule has 0 atom stereocenters. The zero-order chi connectivity index (χ0) is 17.4. The van der Waals surface area contributed by atoms with Crippen molar-refractivity contribution in [3.8, 4) is 11.5 Å². The lowest BCUT2D eigenvalue weighted by Gasteiger charge is -2.32. The Morgan fingerprint density at radius 1 is 0.958 bits per heavy atom. The summed E-state index contributed by atoms with van der Waals surface area (Å²) < 4.78 is 17.8. The summed E-state index contributed by atoms with van der Waals surface area (Å²) in [6, 6.07) is 14.8. The number of para-hydroxylation sites is 1. The van der Waals surface area contributed by atoms with E-state index in [1.165, 1.54) is 0 Å². The highest BCUT2D eigenvalue weighted by atomic mass is 16.7. The number of carbonyl (C=O) groups is 1. The van der Waals surface area contributed by atoms with Gasteiger partial charge in [0.05, 0.1) is 16.8 Å². The van der Waals surface area contributed by atoms with Crippen LogP contribution in [0.25, 0.3) is 0 Å². The van der Waals surface area contributed by atoms with Gasteiger partial charge >= 0.3 is 7.12 Å². The van der Waals surface area contributed by atoms with Crippen LogP contribution < -0.4 is 10.2 Å². The molecule has 1 fully saturated rings. The van der Waals surface area contributed by atoms with Gasteiger partial charge in [0.15, 0.2) is 6.29 Å². The van der Waals surface area contributed by atoms with Crippen LogP contribution in [0.3, 0.4) is 0 Å². The van der Waals surface area contributed by atoms with Gasteiger partial charge in [0.1, 0.15) is 11.5 Å².